The Hall–Kier alpha value is -1.31. The van der Waals surface area contributed by atoms with Crippen LogP contribution >= 0.6 is 0 Å². The lowest BCUT2D eigenvalue weighted by molar-refractivity contribution is -0.122. The van der Waals surface area contributed by atoms with Gasteiger partial charge in [-0.1, -0.05) is 40.2 Å². The first-order valence-corrected chi connectivity index (χ1v) is 8.64. The van der Waals surface area contributed by atoms with Gasteiger partial charge in [-0.2, -0.15) is 0 Å². The molecule has 2 nitrogen and oxygen atoms in total. The predicted molar refractivity (Wildman–Crippen MR) is 93.5 cm³/mol. The van der Waals surface area contributed by atoms with Gasteiger partial charge in [-0.15, -0.1) is 0 Å². The molecule has 0 heterocycles. The number of aryl methyl sites for hydroxylation is 2. The fourth-order valence-corrected chi connectivity index (χ4v) is 2.41. The van der Waals surface area contributed by atoms with Crippen LogP contribution in [-0.4, -0.2) is 12.4 Å². The molecule has 0 unspecified atom stereocenters. The summed E-state index contributed by atoms with van der Waals surface area (Å²) < 4.78 is 5.83. The molecule has 0 atom stereocenters. The molecule has 0 bridgehead atoms. The Morgan fingerprint density at radius 2 is 1.77 bits per heavy atom. The minimum Gasteiger partial charge on any atom is -0.493 e. The SMILES string of the molecule is Cc1cc(CCCCCC(=O)C(C)C)cc(OCC(C)C)c1. The quantitative estimate of drug-likeness (QED) is 0.544. The summed E-state index contributed by atoms with van der Waals surface area (Å²) in [7, 11) is 0. The summed E-state index contributed by atoms with van der Waals surface area (Å²) in [4.78, 5) is 11.6. The molecule has 124 valence electrons. The molecule has 1 aromatic rings. The number of Topliss-reactive ketones (excluding diaryl/α,β-unsaturated/α-hetero) is 1. The van der Waals surface area contributed by atoms with E-state index >= 15 is 0 Å². The van der Waals surface area contributed by atoms with E-state index in [4.69, 9.17) is 4.74 Å². The van der Waals surface area contributed by atoms with Gasteiger partial charge in [-0.25, -0.2) is 0 Å². The van der Waals surface area contributed by atoms with Crippen molar-refractivity contribution in [3.63, 3.8) is 0 Å². The molecule has 0 aliphatic heterocycles. The molecular weight excluding hydrogens is 272 g/mol. The van der Waals surface area contributed by atoms with Crippen LogP contribution in [0.5, 0.6) is 5.75 Å². The third kappa shape index (κ3) is 7.63. The summed E-state index contributed by atoms with van der Waals surface area (Å²) in [6, 6.07) is 6.50. The van der Waals surface area contributed by atoms with Crippen molar-refractivity contribution in [3.05, 3.63) is 29.3 Å². The summed E-state index contributed by atoms with van der Waals surface area (Å²) in [6.45, 7) is 11.2. The first kappa shape index (κ1) is 18.7. The van der Waals surface area contributed by atoms with Gasteiger partial charge in [-0.3, -0.25) is 4.79 Å². The van der Waals surface area contributed by atoms with Crippen molar-refractivity contribution in [1.82, 2.24) is 0 Å². The largest absolute Gasteiger partial charge is 0.493 e. The van der Waals surface area contributed by atoms with Crippen molar-refractivity contribution in [1.29, 1.82) is 0 Å². The molecule has 0 fully saturated rings. The number of hydrogen-bond donors (Lipinski definition) is 0. The first-order valence-electron chi connectivity index (χ1n) is 8.64. The monoisotopic (exact) mass is 304 g/mol. The van der Waals surface area contributed by atoms with E-state index in [9.17, 15) is 4.79 Å². The Kier molecular flexibility index (Phi) is 8.22. The number of benzene rings is 1. The number of ketones is 1. The van der Waals surface area contributed by atoms with Crippen molar-refractivity contribution in [3.8, 4) is 5.75 Å². The molecule has 0 radical (unpaired) electrons. The van der Waals surface area contributed by atoms with Crippen molar-refractivity contribution >= 4 is 5.78 Å². The number of hydrogen-bond acceptors (Lipinski definition) is 2. The topological polar surface area (TPSA) is 26.3 Å². The maximum absolute atomic E-state index is 11.6. The Bertz CT molecular complexity index is 461. The number of carbonyl (C=O) groups is 1. The average Bonchev–Trinajstić information content (AvgIpc) is 2.44. The van der Waals surface area contributed by atoms with Gasteiger partial charge in [0.15, 0.2) is 0 Å². The predicted octanol–water partition coefficient (Wildman–Crippen LogP) is 5.36. The van der Waals surface area contributed by atoms with Crippen LogP contribution in [0.4, 0.5) is 0 Å². The Labute approximate surface area is 136 Å². The molecular formula is C20H32O2. The zero-order valence-electron chi connectivity index (χ0n) is 14.9. The summed E-state index contributed by atoms with van der Waals surface area (Å²) in [5.41, 5.74) is 2.60. The second-order valence-corrected chi connectivity index (χ2v) is 7.04. The van der Waals surface area contributed by atoms with E-state index in [0.29, 0.717) is 11.7 Å². The molecule has 22 heavy (non-hydrogen) atoms. The van der Waals surface area contributed by atoms with Crippen molar-refractivity contribution < 1.29 is 9.53 Å². The van der Waals surface area contributed by atoms with Crippen LogP contribution in [0.2, 0.25) is 0 Å². The molecule has 0 saturated carbocycles. The lowest BCUT2D eigenvalue weighted by Gasteiger charge is -2.11. The summed E-state index contributed by atoms with van der Waals surface area (Å²) in [5, 5.41) is 0. The highest BCUT2D eigenvalue weighted by Gasteiger charge is 2.06. The van der Waals surface area contributed by atoms with Crippen LogP contribution in [-0.2, 0) is 11.2 Å². The van der Waals surface area contributed by atoms with Crippen LogP contribution in [0.3, 0.4) is 0 Å². The minimum absolute atomic E-state index is 0.178. The van der Waals surface area contributed by atoms with Gasteiger partial charge in [0.25, 0.3) is 0 Å². The normalized spacial score (nSPS) is 11.2. The third-order valence-corrected chi connectivity index (χ3v) is 3.73. The molecule has 0 aliphatic carbocycles. The average molecular weight is 304 g/mol. The summed E-state index contributed by atoms with van der Waals surface area (Å²) in [5.74, 6) is 2.10. The molecule has 0 aromatic heterocycles. The van der Waals surface area contributed by atoms with E-state index in [-0.39, 0.29) is 5.92 Å². The van der Waals surface area contributed by atoms with E-state index in [1.807, 2.05) is 13.8 Å². The van der Waals surface area contributed by atoms with Crippen LogP contribution < -0.4 is 4.74 Å². The van der Waals surface area contributed by atoms with E-state index in [1.165, 1.54) is 11.1 Å². The Morgan fingerprint density at radius 3 is 2.41 bits per heavy atom. The van der Waals surface area contributed by atoms with E-state index < -0.39 is 0 Å². The van der Waals surface area contributed by atoms with E-state index in [0.717, 1.165) is 44.5 Å². The highest BCUT2D eigenvalue weighted by Crippen LogP contribution is 2.19. The Morgan fingerprint density at radius 1 is 1.05 bits per heavy atom. The molecule has 1 aromatic carbocycles. The maximum atomic E-state index is 11.6. The van der Waals surface area contributed by atoms with Crippen molar-refractivity contribution in [2.75, 3.05) is 6.61 Å². The van der Waals surface area contributed by atoms with E-state index in [2.05, 4.69) is 39.0 Å². The molecule has 1 rings (SSSR count). The second-order valence-electron chi connectivity index (χ2n) is 7.04. The van der Waals surface area contributed by atoms with Crippen LogP contribution in [0, 0.1) is 18.8 Å². The lowest BCUT2D eigenvalue weighted by atomic mass is 10.0. The maximum Gasteiger partial charge on any atom is 0.135 e. The first-order chi connectivity index (χ1) is 10.4. The molecule has 0 spiro atoms. The standard InChI is InChI=1S/C20H32O2/c1-15(2)14-22-19-12-17(5)11-18(13-19)9-7-6-8-10-20(21)16(3)4/h11-13,15-16H,6-10,14H2,1-5H3. The molecule has 0 N–H and O–H groups in total. The molecule has 0 aliphatic rings. The number of unbranched alkanes of at least 4 members (excludes halogenated alkanes) is 2. The smallest absolute Gasteiger partial charge is 0.135 e. The van der Waals surface area contributed by atoms with E-state index in [1.54, 1.807) is 0 Å². The van der Waals surface area contributed by atoms with Crippen LogP contribution in [0.1, 0.15) is 64.5 Å². The van der Waals surface area contributed by atoms with Gasteiger partial charge in [0.1, 0.15) is 11.5 Å². The highest BCUT2D eigenvalue weighted by atomic mass is 16.5. The summed E-state index contributed by atoms with van der Waals surface area (Å²) >= 11 is 0. The Balaban J connectivity index is 2.37. The number of carbonyl (C=O) groups excluding carboxylic acids is 1. The minimum atomic E-state index is 0.178. The fourth-order valence-electron chi connectivity index (χ4n) is 2.41. The highest BCUT2D eigenvalue weighted by molar-refractivity contribution is 5.80. The molecule has 0 saturated heterocycles. The zero-order chi connectivity index (χ0) is 16.5. The van der Waals surface area contributed by atoms with Gasteiger partial charge in [0.05, 0.1) is 6.61 Å². The van der Waals surface area contributed by atoms with Crippen molar-refractivity contribution in [2.45, 2.75) is 66.7 Å². The second kappa shape index (κ2) is 9.66. The number of ether oxygens (including phenoxy) is 1. The van der Waals surface area contributed by atoms with Gasteiger partial charge >= 0.3 is 0 Å². The third-order valence-electron chi connectivity index (χ3n) is 3.73. The van der Waals surface area contributed by atoms with Crippen LogP contribution in [0.15, 0.2) is 18.2 Å². The van der Waals surface area contributed by atoms with Crippen molar-refractivity contribution in [2.24, 2.45) is 11.8 Å². The summed E-state index contributed by atoms with van der Waals surface area (Å²) in [6.07, 6.45) is 5.07. The van der Waals surface area contributed by atoms with Gasteiger partial charge in [0, 0.05) is 12.3 Å². The van der Waals surface area contributed by atoms with Crippen LogP contribution in [0.25, 0.3) is 0 Å². The molecule has 0 amide bonds. The lowest BCUT2D eigenvalue weighted by Crippen LogP contribution is -2.06. The fraction of sp³-hybridized carbons (Fsp3) is 0.650. The van der Waals surface area contributed by atoms with Gasteiger partial charge in [-0.05, 0) is 55.4 Å². The zero-order valence-corrected chi connectivity index (χ0v) is 14.9. The molecule has 2 heteroatoms. The number of rotatable bonds is 10. The van der Waals surface area contributed by atoms with Gasteiger partial charge < -0.3 is 4.74 Å². The van der Waals surface area contributed by atoms with Gasteiger partial charge in [0.2, 0.25) is 0 Å².